The first kappa shape index (κ1) is 23.2. The minimum absolute atomic E-state index is 0.252. The van der Waals surface area contributed by atoms with Gasteiger partial charge in [0.25, 0.3) is 0 Å². The Morgan fingerprint density at radius 1 is 1.12 bits per heavy atom. The van der Waals surface area contributed by atoms with E-state index in [1.54, 1.807) is 11.3 Å². The largest absolute Gasteiger partial charge is 0.491 e. The number of aliphatic hydroxyl groups is 1. The highest BCUT2D eigenvalue weighted by molar-refractivity contribution is 7.18. The minimum atomic E-state index is -0.562. The fraction of sp³-hybridized carbons (Fsp3) is 0.375. The second kappa shape index (κ2) is 10.4. The third-order valence-electron chi connectivity index (χ3n) is 5.78. The monoisotopic (exact) mass is 499 g/mol. The molecule has 0 saturated carbocycles. The van der Waals surface area contributed by atoms with Crippen LogP contribution in [0.4, 0.5) is 0 Å². The number of aliphatic hydroxyl groups excluding tert-OH is 1. The number of benzene rings is 2. The van der Waals surface area contributed by atoms with Crippen LogP contribution in [0.25, 0.3) is 21.6 Å². The van der Waals surface area contributed by atoms with Crippen molar-refractivity contribution in [2.75, 3.05) is 39.3 Å². The molecule has 10 heteroatoms. The van der Waals surface area contributed by atoms with E-state index in [-0.39, 0.29) is 6.61 Å². The summed E-state index contributed by atoms with van der Waals surface area (Å²) in [6.45, 7) is 6.84. The van der Waals surface area contributed by atoms with E-state index < -0.39 is 6.10 Å². The van der Waals surface area contributed by atoms with Crippen LogP contribution in [0.15, 0.2) is 47.0 Å². The van der Waals surface area contributed by atoms with Crippen LogP contribution >= 0.6 is 22.9 Å². The van der Waals surface area contributed by atoms with Gasteiger partial charge in [0.05, 0.1) is 26.8 Å². The van der Waals surface area contributed by atoms with E-state index in [1.807, 2.05) is 49.4 Å². The van der Waals surface area contributed by atoms with E-state index >= 15 is 0 Å². The number of fused-ring (bicyclic) bond motifs is 1. The number of piperazine rings is 1. The Morgan fingerprint density at radius 3 is 2.74 bits per heavy atom. The molecule has 178 valence electrons. The zero-order valence-electron chi connectivity index (χ0n) is 18.9. The SMILES string of the molecule is Cc1nc2cc(OC[C@H](O)CN3CCN(Cc4nc(-c5ccccc5Cl)no4)CC3)ccc2s1. The van der Waals surface area contributed by atoms with Gasteiger partial charge in [0.1, 0.15) is 18.5 Å². The highest BCUT2D eigenvalue weighted by atomic mass is 35.5. The van der Waals surface area contributed by atoms with Crippen molar-refractivity contribution < 1.29 is 14.4 Å². The maximum absolute atomic E-state index is 10.5. The average Bonchev–Trinajstić information content (AvgIpc) is 3.44. The highest BCUT2D eigenvalue weighted by Crippen LogP contribution is 2.26. The van der Waals surface area contributed by atoms with Crippen molar-refractivity contribution in [3.05, 3.63) is 58.4 Å². The third kappa shape index (κ3) is 5.56. The Labute approximate surface area is 206 Å². The van der Waals surface area contributed by atoms with E-state index in [4.69, 9.17) is 20.9 Å². The summed E-state index contributed by atoms with van der Waals surface area (Å²) in [4.78, 5) is 13.5. The van der Waals surface area contributed by atoms with Crippen LogP contribution in [0.1, 0.15) is 10.9 Å². The summed E-state index contributed by atoms with van der Waals surface area (Å²) in [6, 6.07) is 13.3. The van der Waals surface area contributed by atoms with Crippen LogP contribution in [0, 0.1) is 6.92 Å². The smallest absolute Gasteiger partial charge is 0.241 e. The lowest BCUT2D eigenvalue weighted by atomic mass is 10.2. The molecule has 3 heterocycles. The average molecular weight is 500 g/mol. The predicted molar refractivity (Wildman–Crippen MR) is 132 cm³/mol. The van der Waals surface area contributed by atoms with Crippen LogP contribution in [-0.4, -0.2) is 75.5 Å². The number of rotatable bonds is 8. The number of nitrogens with zero attached hydrogens (tertiary/aromatic N) is 5. The molecular formula is C24H26ClN5O3S. The Bertz CT molecular complexity index is 1250. The molecule has 4 aromatic rings. The van der Waals surface area contributed by atoms with Gasteiger partial charge in [-0.2, -0.15) is 4.98 Å². The number of thiazole rings is 1. The van der Waals surface area contributed by atoms with Crippen LogP contribution in [0.5, 0.6) is 5.75 Å². The van der Waals surface area contributed by atoms with E-state index in [0.29, 0.717) is 29.8 Å². The topological polar surface area (TPSA) is 87.8 Å². The lowest BCUT2D eigenvalue weighted by Crippen LogP contribution is -2.48. The number of hydrogen-bond donors (Lipinski definition) is 1. The molecule has 5 rings (SSSR count). The number of aryl methyl sites for hydroxylation is 1. The summed E-state index contributed by atoms with van der Waals surface area (Å²) in [6.07, 6.45) is -0.562. The van der Waals surface area contributed by atoms with Gasteiger partial charge in [-0.25, -0.2) is 4.98 Å². The van der Waals surface area contributed by atoms with E-state index in [9.17, 15) is 5.11 Å². The van der Waals surface area contributed by atoms with Crippen LogP contribution < -0.4 is 4.74 Å². The first-order valence-electron chi connectivity index (χ1n) is 11.2. The quantitative estimate of drug-likeness (QED) is 0.391. The highest BCUT2D eigenvalue weighted by Gasteiger charge is 2.22. The van der Waals surface area contributed by atoms with Crippen molar-refractivity contribution in [1.82, 2.24) is 24.9 Å². The van der Waals surface area contributed by atoms with Crippen molar-refractivity contribution in [3.63, 3.8) is 0 Å². The van der Waals surface area contributed by atoms with Crippen molar-refractivity contribution in [1.29, 1.82) is 0 Å². The second-order valence-corrected chi connectivity index (χ2v) is 10.0. The zero-order valence-corrected chi connectivity index (χ0v) is 20.4. The first-order chi connectivity index (χ1) is 16.5. The van der Waals surface area contributed by atoms with Crippen molar-refractivity contribution in [3.8, 4) is 17.1 Å². The molecule has 1 aliphatic rings. The van der Waals surface area contributed by atoms with Gasteiger partial charge >= 0.3 is 0 Å². The van der Waals surface area contributed by atoms with E-state index in [2.05, 4.69) is 24.9 Å². The normalized spacial score (nSPS) is 16.2. The van der Waals surface area contributed by atoms with E-state index in [1.165, 1.54) is 0 Å². The van der Waals surface area contributed by atoms with Gasteiger partial charge in [-0.05, 0) is 31.2 Å². The molecule has 0 unspecified atom stereocenters. The Kier molecular flexibility index (Phi) is 7.07. The minimum Gasteiger partial charge on any atom is -0.491 e. The van der Waals surface area contributed by atoms with Crippen molar-refractivity contribution in [2.24, 2.45) is 0 Å². The Morgan fingerprint density at radius 2 is 1.91 bits per heavy atom. The third-order valence-corrected chi connectivity index (χ3v) is 7.07. The molecule has 2 aromatic carbocycles. The molecule has 34 heavy (non-hydrogen) atoms. The van der Waals surface area contributed by atoms with Crippen molar-refractivity contribution in [2.45, 2.75) is 19.6 Å². The molecule has 1 N–H and O–H groups in total. The molecule has 0 amide bonds. The number of aromatic nitrogens is 3. The molecule has 0 radical (unpaired) electrons. The fourth-order valence-electron chi connectivity index (χ4n) is 4.05. The standard InChI is InChI=1S/C24H26ClN5O3S/c1-16-26-21-12-18(6-7-22(21)34-16)32-15-17(31)13-29-8-10-30(11-9-29)14-23-27-24(28-33-23)19-4-2-3-5-20(19)25/h2-7,12,17,31H,8-11,13-15H2,1H3/t17-/m1/s1. The van der Waals surface area contributed by atoms with Gasteiger partial charge < -0.3 is 14.4 Å². The first-order valence-corrected chi connectivity index (χ1v) is 12.4. The van der Waals surface area contributed by atoms with Crippen molar-refractivity contribution >= 4 is 33.2 Å². The fourth-order valence-corrected chi connectivity index (χ4v) is 5.08. The predicted octanol–water partition coefficient (Wildman–Crippen LogP) is 3.87. The Balaban J connectivity index is 1.06. The summed E-state index contributed by atoms with van der Waals surface area (Å²) >= 11 is 7.89. The van der Waals surface area contributed by atoms with Crippen LogP contribution in [0.2, 0.25) is 5.02 Å². The van der Waals surface area contributed by atoms with Gasteiger partial charge in [0, 0.05) is 44.4 Å². The number of ether oxygens (including phenoxy) is 1. The lowest BCUT2D eigenvalue weighted by molar-refractivity contribution is 0.0426. The number of halogens is 1. The summed E-state index contributed by atoms with van der Waals surface area (Å²) in [5, 5.41) is 16.2. The molecule has 1 saturated heterocycles. The molecule has 0 spiro atoms. The number of hydrogen-bond acceptors (Lipinski definition) is 9. The zero-order chi connectivity index (χ0) is 23.5. The lowest BCUT2D eigenvalue weighted by Gasteiger charge is -2.34. The van der Waals surface area contributed by atoms with Crippen LogP contribution in [0.3, 0.4) is 0 Å². The summed E-state index contributed by atoms with van der Waals surface area (Å²) in [5.74, 6) is 1.81. The van der Waals surface area contributed by atoms with Gasteiger partial charge in [-0.3, -0.25) is 9.80 Å². The summed E-state index contributed by atoms with van der Waals surface area (Å²) in [5.41, 5.74) is 1.70. The van der Waals surface area contributed by atoms with Gasteiger partial charge in [0.2, 0.25) is 11.7 Å². The molecule has 1 atom stereocenters. The van der Waals surface area contributed by atoms with Gasteiger partial charge in [-0.15, -0.1) is 11.3 Å². The molecule has 2 aromatic heterocycles. The molecular weight excluding hydrogens is 474 g/mol. The van der Waals surface area contributed by atoms with Gasteiger partial charge in [0.15, 0.2) is 0 Å². The molecule has 1 fully saturated rings. The molecule has 1 aliphatic heterocycles. The van der Waals surface area contributed by atoms with E-state index in [0.717, 1.165) is 52.7 Å². The molecule has 0 aliphatic carbocycles. The molecule has 8 nitrogen and oxygen atoms in total. The summed E-state index contributed by atoms with van der Waals surface area (Å²) in [7, 11) is 0. The summed E-state index contributed by atoms with van der Waals surface area (Å²) < 4.78 is 12.4. The Hall–Kier alpha value is -2.56. The number of β-amino-alcohol motifs (C(OH)–C–C–N with tert-alkyl or cyclic N) is 1. The molecule has 0 bridgehead atoms. The second-order valence-electron chi connectivity index (χ2n) is 8.40. The van der Waals surface area contributed by atoms with Gasteiger partial charge in [-0.1, -0.05) is 28.9 Å². The maximum atomic E-state index is 10.5. The maximum Gasteiger partial charge on any atom is 0.241 e. The van der Waals surface area contributed by atoms with Crippen LogP contribution in [-0.2, 0) is 6.54 Å².